The molecule has 1 unspecified atom stereocenters. The summed E-state index contributed by atoms with van der Waals surface area (Å²) < 4.78 is 0. The first-order valence-corrected chi connectivity index (χ1v) is 7.19. The Balaban J connectivity index is 3.28. The van der Waals surface area contributed by atoms with E-state index in [9.17, 15) is 14.7 Å². The summed E-state index contributed by atoms with van der Waals surface area (Å²) in [6, 6.07) is -0.474. The quantitative estimate of drug-likeness (QED) is 0.907. The fourth-order valence-electron chi connectivity index (χ4n) is 2.04. The van der Waals surface area contributed by atoms with Crippen LogP contribution in [0.1, 0.15) is 56.2 Å². The number of nitrogens with two attached hydrogens (primary N) is 1. The number of nitrogens with zero attached hydrogens (tertiary/aromatic N) is 2. The van der Waals surface area contributed by atoms with Crippen LogP contribution in [0.15, 0.2) is 5.38 Å². The molecule has 0 radical (unpaired) electrons. The van der Waals surface area contributed by atoms with Gasteiger partial charge in [-0.1, -0.05) is 13.8 Å². The SMILES string of the molecule is CC(C)C(c1nc(C(N)=O)cs1)N(C(=O)[O-])C(C)(C)C. The summed E-state index contributed by atoms with van der Waals surface area (Å²) in [5, 5.41) is 13.6. The van der Waals surface area contributed by atoms with Gasteiger partial charge in [0, 0.05) is 10.9 Å². The second kappa shape index (κ2) is 5.78. The summed E-state index contributed by atoms with van der Waals surface area (Å²) in [7, 11) is 0. The molecule has 0 spiro atoms. The first kappa shape index (κ1) is 16.4. The Morgan fingerprint density at radius 2 is 1.95 bits per heavy atom. The minimum absolute atomic E-state index is 0.0148. The summed E-state index contributed by atoms with van der Waals surface area (Å²) in [5.41, 5.74) is 4.71. The molecule has 2 amide bonds. The highest BCUT2D eigenvalue weighted by Gasteiger charge is 2.34. The van der Waals surface area contributed by atoms with Gasteiger partial charge in [-0.15, -0.1) is 11.3 Å². The lowest BCUT2D eigenvalue weighted by molar-refractivity contribution is -0.275. The van der Waals surface area contributed by atoms with E-state index in [1.807, 2.05) is 13.8 Å². The molecule has 0 aliphatic carbocycles. The first-order valence-electron chi connectivity index (χ1n) is 6.31. The highest BCUT2D eigenvalue weighted by Crippen LogP contribution is 2.35. The van der Waals surface area contributed by atoms with Gasteiger partial charge in [0.2, 0.25) is 0 Å². The monoisotopic (exact) mass is 298 g/mol. The van der Waals surface area contributed by atoms with E-state index in [-0.39, 0.29) is 11.6 Å². The van der Waals surface area contributed by atoms with Crippen molar-refractivity contribution < 1.29 is 14.7 Å². The normalized spacial score (nSPS) is 13.3. The molecule has 20 heavy (non-hydrogen) atoms. The summed E-state index contributed by atoms with van der Waals surface area (Å²) >= 11 is 1.23. The number of primary amides is 1. The smallest absolute Gasteiger partial charge is 0.268 e. The van der Waals surface area contributed by atoms with Crippen LogP contribution in [0.3, 0.4) is 0 Å². The maximum Gasteiger partial charge on any atom is 0.268 e. The number of rotatable bonds is 4. The van der Waals surface area contributed by atoms with E-state index in [2.05, 4.69) is 4.98 Å². The highest BCUT2D eigenvalue weighted by atomic mass is 32.1. The Kier molecular flexibility index (Phi) is 4.75. The molecule has 0 bridgehead atoms. The molecule has 6 nitrogen and oxygen atoms in total. The molecule has 0 fully saturated rings. The van der Waals surface area contributed by atoms with Crippen molar-refractivity contribution in [2.24, 2.45) is 11.7 Å². The zero-order chi connectivity index (χ0) is 15.7. The van der Waals surface area contributed by atoms with Gasteiger partial charge in [-0.2, -0.15) is 0 Å². The van der Waals surface area contributed by atoms with Crippen LogP contribution in [0.25, 0.3) is 0 Å². The lowest BCUT2D eigenvalue weighted by atomic mass is 9.97. The van der Waals surface area contributed by atoms with Gasteiger partial charge < -0.3 is 20.5 Å². The Morgan fingerprint density at radius 1 is 1.40 bits per heavy atom. The molecule has 0 aliphatic rings. The van der Waals surface area contributed by atoms with E-state index in [1.54, 1.807) is 26.2 Å². The van der Waals surface area contributed by atoms with Crippen LogP contribution in [-0.4, -0.2) is 27.4 Å². The van der Waals surface area contributed by atoms with E-state index in [0.717, 1.165) is 0 Å². The van der Waals surface area contributed by atoms with Crippen molar-refractivity contribution in [3.8, 4) is 0 Å². The van der Waals surface area contributed by atoms with Crippen molar-refractivity contribution in [2.45, 2.75) is 46.2 Å². The molecule has 2 N–H and O–H groups in total. The number of carboxylic acid groups (broad SMARTS) is 1. The molecule has 0 saturated carbocycles. The van der Waals surface area contributed by atoms with Crippen LogP contribution in [0.5, 0.6) is 0 Å². The van der Waals surface area contributed by atoms with Gasteiger partial charge in [0.1, 0.15) is 16.8 Å². The standard InChI is InChI=1S/C13H21N3O3S/c1-7(2)9(16(12(18)19)13(3,4)5)11-15-8(6-20-11)10(14)17/h6-7,9H,1-5H3,(H2,14,17)(H,18,19)/p-1. The van der Waals surface area contributed by atoms with Gasteiger partial charge in [0.25, 0.3) is 5.91 Å². The van der Waals surface area contributed by atoms with E-state index in [4.69, 9.17) is 5.73 Å². The summed E-state index contributed by atoms with van der Waals surface area (Å²) in [4.78, 5) is 28.1. The van der Waals surface area contributed by atoms with E-state index < -0.39 is 23.6 Å². The third kappa shape index (κ3) is 3.47. The van der Waals surface area contributed by atoms with Gasteiger partial charge in [-0.3, -0.25) is 4.79 Å². The summed E-state index contributed by atoms with van der Waals surface area (Å²) in [5.74, 6) is -0.634. The van der Waals surface area contributed by atoms with Gasteiger partial charge >= 0.3 is 0 Å². The molecule has 0 saturated heterocycles. The van der Waals surface area contributed by atoms with Crippen molar-refractivity contribution in [3.63, 3.8) is 0 Å². The number of hydrogen-bond acceptors (Lipinski definition) is 5. The van der Waals surface area contributed by atoms with Crippen molar-refractivity contribution in [2.75, 3.05) is 0 Å². The first-order chi connectivity index (χ1) is 9.05. The average Bonchev–Trinajstić information content (AvgIpc) is 2.71. The van der Waals surface area contributed by atoms with Crippen LogP contribution in [0, 0.1) is 5.92 Å². The molecule has 1 heterocycles. The van der Waals surface area contributed by atoms with Crippen molar-refractivity contribution in [3.05, 3.63) is 16.1 Å². The largest absolute Gasteiger partial charge is 0.530 e. The lowest BCUT2D eigenvalue weighted by Crippen LogP contribution is -2.54. The fraction of sp³-hybridized carbons (Fsp3) is 0.615. The molecule has 1 aromatic rings. The van der Waals surface area contributed by atoms with Crippen LogP contribution in [0.2, 0.25) is 0 Å². The Labute approximate surface area is 122 Å². The predicted octanol–water partition coefficient (Wildman–Crippen LogP) is 1.38. The number of carbonyl (C=O) groups is 2. The maximum atomic E-state index is 11.5. The third-order valence-corrected chi connectivity index (χ3v) is 3.77. The van der Waals surface area contributed by atoms with Gasteiger partial charge in [0.15, 0.2) is 0 Å². The third-order valence-electron chi connectivity index (χ3n) is 2.86. The number of hydrogen-bond donors (Lipinski definition) is 1. The van der Waals surface area contributed by atoms with Gasteiger partial charge in [0.05, 0.1) is 6.04 Å². The molecule has 7 heteroatoms. The molecular formula is C13H20N3O3S-. The van der Waals surface area contributed by atoms with Gasteiger partial charge in [-0.05, 0) is 26.7 Å². The molecular weight excluding hydrogens is 278 g/mol. The van der Waals surface area contributed by atoms with Crippen molar-refractivity contribution >= 4 is 23.3 Å². The van der Waals surface area contributed by atoms with Crippen molar-refractivity contribution in [1.29, 1.82) is 0 Å². The Hall–Kier alpha value is -1.63. The van der Waals surface area contributed by atoms with Crippen LogP contribution in [0.4, 0.5) is 4.79 Å². The zero-order valence-electron chi connectivity index (χ0n) is 12.3. The molecule has 1 rings (SSSR count). The van der Waals surface area contributed by atoms with Crippen LogP contribution >= 0.6 is 11.3 Å². The topological polar surface area (TPSA) is 99.3 Å². The maximum absolute atomic E-state index is 11.5. The van der Waals surface area contributed by atoms with E-state index >= 15 is 0 Å². The molecule has 1 aromatic heterocycles. The zero-order valence-corrected chi connectivity index (χ0v) is 13.2. The average molecular weight is 298 g/mol. The fourth-order valence-corrected chi connectivity index (χ4v) is 3.10. The van der Waals surface area contributed by atoms with Gasteiger partial charge in [-0.25, -0.2) is 4.98 Å². The predicted molar refractivity (Wildman–Crippen MR) is 75.2 cm³/mol. The number of aromatic nitrogens is 1. The summed E-state index contributed by atoms with van der Waals surface area (Å²) in [6.45, 7) is 9.18. The molecule has 1 atom stereocenters. The number of thiazole rings is 1. The van der Waals surface area contributed by atoms with E-state index in [0.29, 0.717) is 5.01 Å². The molecule has 0 aliphatic heterocycles. The highest BCUT2D eigenvalue weighted by molar-refractivity contribution is 7.09. The lowest BCUT2D eigenvalue weighted by Gasteiger charge is -2.44. The number of carbonyl (C=O) groups excluding carboxylic acids is 2. The second-order valence-electron chi connectivity index (χ2n) is 5.93. The molecule has 0 aromatic carbocycles. The van der Waals surface area contributed by atoms with Crippen molar-refractivity contribution in [1.82, 2.24) is 9.88 Å². The second-order valence-corrected chi connectivity index (χ2v) is 6.82. The van der Waals surface area contributed by atoms with E-state index in [1.165, 1.54) is 16.2 Å². The Bertz CT molecular complexity index is 505. The number of amides is 2. The van der Waals surface area contributed by atoms with Crippen LogP contribution in [-0.2, 0) is 0 Å². The minimum Gasteiger partial charge on any atom is -0.530 e. The minimum atomic E-state index is -1.26. The summed E-state index contributed by atoms with van der Waals surface area (Å²) in [6.07, 6.45) is -1.26. The Morgan fingerprint density at radius 3 is 2.25 bits per heavy atom. The molecule has 112 valence electrons. The van der Waals surface area contributed by atoms with Crippen LogP contribution < -0.4 is 10.8 Å².